The highest BCUT2D eigenvalue weighted by molar-refractivity contribution is 6.11. The number of rotatable bonds is 4. The summed E-state index contributed by atoms with van der Waals surface area (Å²) in [5, 5.41) is 0. The van der Waals surface area contributed by atoms with E-state index in [1.807, 2.05) is 13.0 Å². The smallest absolute Gasteiger partial charge is 0.326 e. The van der Waals surface area contributed by atoms with Crippen molar-refractivity contribution in [2.24, 2.45) is 0 Å². The molecule has 146 valence electrons. The van der Waals surface area contributed by atoms with Gasteiger partial charge >= 0.3 is 5.97 Å². The first kappa shape index (κ1) is 18.5. The van der Waals surface area contributed by atoms with Gasteiger partial charge in [0.15, 0.2) is 0 Å². The molecule has 0 saturated carbocycles. The summed E-state index contributed by atoms with van der Waals surface area (Å²) in [6, 6.07) is 11.6. The van der Waals surface area contributed by atoms with E-state index >= 15 is 0 Å². The summed E-state index contributed by atoms with van der Waals surface area (Å²) in [6.45, 7) is 1.15. The lowest BCUT2D eigenvalue weighted by molar-refractivity contribution is -0.149. The van der Waals surface area contributed by atoms with E-state index < -0.39 is 24.3 Å². The predicted octanol–water partition coefficient (Wildman–Crippen LogP) is 1.27. The van der Waals surface area contributed by atoms with Crippen molar-refractivity contribution in [3.05, 3.63) is 81.4 Å². The molecule has 29 heavy (non-hydrogen) atoms. The van der Waals surface area contributed by atoms with Gasteiger partial charge in [-0.15, -0.1) is 0 Å². The number of fused-ring (bicyclic) bond motifs is 2. The van der Waals surface area contributed by atoms with Gasteiger partial charge < -0.3 is 4.74 Å². The second-order valence-electron chi connectivity index (χ2n) is 6.80. The molecule has 0 unspecified atom stereocenters. The Balaban J connectivity index is 1.45. The Morgan fingerprint density at radius 2 is 1.93 bits per heavy atom. The standard InChI is InChI=1S/C21H17N3O5/c1-13-6-7-17-22-15(9-19(26)23(17)10-13)12-29-20(27)11-24-18(25)8-14-4-2-3-5-16(14)21(24)28/h2-7,9-10H,8,11-12H2,1H3. The van der Waals surface area contributed by atoms with Crippen LogP contribution in [0, 0.1) is 6.92 Å². The number of hydrogen-bond acceptors (Lipinski definition) is 6. The SMILES string of the molecule is Cc1ccc2nc(COC(=O)CN3C(=O)Cc4ccccc4C3=O)cc(=O)n2c1. The molecule has 3 aromatic rings. The third kappa shape index (κ3) is 3.64. The van der Waals surface area contributed by atoms with Crippen molar-refractivity contribution in [2.45, 2.75) is 20.0 Å². The number of ether oxygens (including phenoxy) is 1. The molecule has 2 aromatic heterocycles. The summed E-state index contributed by atoms with van der Waals surface area (Å²) in [5.41, 5.74) is 2.39. The van der Waals surface area contributed by atoms with Crippen LogP contribution in [0.3, 0.4) is 0 Å². The predicted molar refractivity (Wildman–Crippen MR) is 102 cm³/mol. The van der Waals surface area contributed by atoms with E-state index in [9.17, 15) is 19.2 Å². The van der Waals surface area contributed by atoms with Gasteiger partial charge in [0.1, 0.15) is 18.8 Å². The second kappa shape index (κ2) is 7.31. The van der Waals surface area contributed by atoms with Crippen molar-refractivity contribution in [3.8, 4) is 0 Å². The van der Waals surface area contributed by atoms with Gasteiger partial charge in [0.2, 0.25) is 5.91 Å². The lowest BCUT2D eigenvalue weighted by Crippen LogP contribution is -2.45. The number of esters is 1. The normalized spacial score (nSPS) is 13.5. The van der Waals surface area contributed by atoms with E-state index in [4.69, 9.17) is 4.74 Å². The molecule has 1 aliphatic rings. The van der Waals surface area contributed by atoms with Crippen LogP contribution in [-0.2, 0) is 27.4 Å². The van der Waals surface area contributed by atoms with Gasteiger partial charge in [-0.05, 0) is 30.2 Å². The number of hydrogen-bond donors (Lipinski definition) is 0. The molecule has 0 saturated heterocycles. The van der Waals surface area contributed by atoms with Crippen LogP contribution >= 0.6 is 0 Å². The molecular weight excluding hydrogens is 374 g/mol. The highest BCUT2D eigenvalue weighted by atomic mass is 16.5. The number of benzene rings is 1. The van der Waals surface area contributed by atoms with Gasteiger partial charge in [-0.3, -0.25) is 28.5 Å². The average molecular weight is 391 g/mol. The minimum Gasteiger partial charge on any atom is -0.458 e. The Hall–Kier alpha value is -3.81. The van der Waals surface area contributed by atoms with Gasteiger partial charge in [-0.2, -0.15) is 0 Å². The summed E-state index contributed by atoms with van der Waals surface area (Å²) in [7, 11) is 0. The fourth-order valence-corrected chi connectivity index (χ4v) is 3.22. The first-order chi connectivity index (χ1) is 13.9. The Labute approximate surface area is 165 Å². The minimum absolute atomic E-state index is 0.0532. The Kier molecular flexibility index (Phi) is 4.67. The summed E-state index contributed by atoms with van der Waals surface area (Å²) in [4.78, 5) is 54.3. The van der Waals surface area contributed by atoms with Gasteiger partial charge in [0.25, 0.3) is 11.5 Å². The van der Waals surface area contributed by atoms with E-state index in [0.717, 1.165) is 10.5 Å². The Morgan fingerprint density at radius 3 is 2.76 bits per heavy atom. The van der Waals surface area contributed by atoms with Crippen LogP contribution in [0.5, 0.6) is 0 Å². The van der Waals surface area contributed by atoms with Crippen LogP contribution in [0.2, 0.25) is 0 Å². The molecule has 0 fully saturated rings. The number of imide groups is 1. The van der Waals surface area contributed by atoms with E-state index in [2.05, 4.69) is 4.98 Å². The molecule has 0 bridgehead atoms. The summed E-state index contributed by atoms with van der Waals surface area (Å²) in [6.07, 6.45) is 1.73. The molecule has 1 aliphatic heterocycles. The molecular formula is C21H17N3O5. The lowest BCUT2D eigenvalue weighted by Gasteiger charge is -2.25. The first-order valence-corrected chi connectivity index (χ1v) is 8.99. The number of nitrogens with zero attached hydrogens (tertiary/aromatic N) is 3. The molecule has 2 amide bonds. The molecule has 0 aliphatic carbocycles. The van der Waals surface area contributed by atoms with Crippen molar-refractivity contribution in [3.63, 3.8) is 0 Å². The van der Waals surface area contributed by atoms with Gasteiger partial charge in [0.05, 0.1) is 12.1 Å². The van der Waals surface area contributed by atoms with Gasteiger partial charge in [0, 0.05) is 17.8 Å². The zero-order valence-corrected chi connectivity index (χ0v) is 15.6. The molecule has 1 aromatic carbocycles. The quantitative estimate of drug-likeness (QED) is 0.491. The maximum atomic E-state index is 12.5. The van der Waals surface area contributed by atoms with Crippen LogP contribution in [0.4, 0.5) is 0 Å². The number of carbonyl (C=O) groups is 3. The Bertz CT molecular complexity index is 1210. The number of carbonyl (C=O) groups excluding carboxylic acids is 3. The molecule has 0 atom stereocenters. The van der Waals surface area contributed by atoms with Crippen LogP contribution in [0.25, 0.3) is 5.65 Å². The van der Waals surface area contributed by atoms with Crippen LogP contribution in [0.1, 0.15) is 27.2 Å². The van der Waals surface area contributed by atoms with Crippen molar-refractivity contribution in [1.29, 1.82) is 0 Å². The molecule has 0 spiro atoms. The Morgan fingerprint density at radius 1 is 1.14 bits per heavy atom. The van der Waals surface area contributed by atoms with Gasteiger partial charge in [-0.25, -0.2) is 4.98 Å². The number of aryl methyl sites for hydroxylation is 1. The van der Waals surface area contributed by atoms with Gasteiger partial charge in [-0.1, -0.05) is 24.3 Å². The van der Waals surface area contributed by atoms with Crippen molar-refractivity contribution in [2.75, 3.05) is 6.54 Å². The molecule has 8 nitrogen and oxygen atoms in total. The molecule has 0 radical (unpaired) electrons. The number of pyridine rings is 1. The fraction of sp³-hybridized carbons (Fsp3) is 0.190. The molecule has 8 heteroatoms. The van der Waals surface area contributed by atoms with Crippen LogP contribution in [-0.4, -0.2) is 38.6 Å². The summed E-state index contributed by atoms with van der Waals surface area (Å²) >= 11 is 0. The highest BCUT2D eigenvalue weighted by Crippen LogP contribution is 2.19. The van der Waals surface area contributed by atoms with Crippen molar-refractivity contribution in [1.82, 2.24) is 14.3 Å². The third-order valence-electron chi connectivity index (χ3n) is 4.66. The first-order valence-electron chi connectivity index (χ1n) is 8.99. The summed E-state index contributed by atoms with van der Waals surface area (Å²) < 4.78 is 6.55. The third-order valence-corrected chi connectivity index (χ3v) is 4.66. The van der Waals surface area contributed by atoms with E-state index in [0.29, 0.717) is 16.8 Å². The van der Waals surface area contributed by atoms with Crippen molar-refractivity contribution < 1.29 is 19.1 Å². The van der Waals surface area contributed by atoms with E-state index in [-0.39, 0.29) is 24.3 Å². The maximum absolute atomic E-state index is 12.5. The second-order valence-corrected chi connectivity index (χ2v) is 6.80. The largest absolute Gasteiger partial charge is 0.458 e. The molecule has 4 rings (SSSR count). The van der Waals surface area contributed by atoms with Crippen LogP contribution in [0.15, 0.2) is 53.5 Å². The van der Waals surface area contributed by atoms with Crippen LogP contribution < -0.4 is 5.56 Å². The zero-order chi connectivity index (χ0) is 20.5. The fourth-order valence-electron chi connectivity index (χ4n) is 3.22. The van der Waals surface area contributed by atoms with E-state index in [1.165, 1.54) is 10.5 Å². The topological polar surface area (TPSA) is 98.0 Å². The minimum atomic E-state index is -0.753. The maximum Gasteiger partial charge on any atom is 0.326 e. The zero-order valence-electron chi connectivity index (χ0n) is 15.6. The summed E-state index contributed by atoms with van der Waals surface area (Å²) in [5.74, 6) is -1.73. The van der Waals surface area contributed by atoms with Crippen molar-refractivity contribution >= 4 is 23.4 Å². The number of aromatic nitrogens is 2. The molecule has 0 N–H and O–H groups in total. The number of amides is 2. The average Bonchev–Trinajstić information content (AvgIpc) is 2.70. The lowest BCUT2D eigenvalue weighted by atomic mass is 9.98. The van der Waals surface area contributed by atoms with E-state index in [1.54, 1.807) is 36.5 Å². The monoisotopic (exact) mass is 391 g/mol. The molecule has 3 heterocycles. The highest BCUT2D eigenvalue weighted by Gasteiger charge is 2.32.